The largest absolute Gasteiger partial charge is 0.298 e. The summed E-state index contributed by atoms with van der Waals surface area (Å²) in [5.41, 5.74) is 8.07. The molecule has 4 aromatic carbocycles. The van der Waals surface area contributed by atoms with Gasteiger partial charge in [-0.05, 0) is 39.8 Å². The predicted octanol–water partition coefficient (Wildman–Crippen LogP) is 6.42. The van der Waals surface area contributed by atoms with Gasteiger partial charge < -0.3 is 0 Å². The molecule has 0 bridgehead atoms. The van der Waals surface area contributed by atoms with Gasteiger partial charge in [0.2, 0.25) is 0 Å². The highest BCUT2D eigenvalue weighted by atomic mass is 16.1. The number of aldehydes is 1. The van der Waals surface area contributed by atoms with E-state index < -0.39 is 0 Å². The van der Waals surface area contributed by atoms with Gasteiger partial charge in [-0.15, -0.1) is 0 Å². The van der Waals surface area contributed by atoms with Crippen LogP contribution in [-0.2, 0) is 6.42 Å². The highest BCUT2D eigenvalue weighted by Gasteiger charge is 2.02. The Morgan fingerprint density at radius 3 is 1.33 bits per heavy atom. The Morgan fingerprint density at radius 1 is 0.481 bits per heavy atom. The SMILES string of the molecule is O=Cc1ccc(-c2ccc(Cc3ccc(-c4ccccc4)cc3)cc2)cc1. The lowest BCUT2D eigenvalue weighted by atomic mass is 9.98. The predicted molar refractivity (Wildman–Crippen MR) is 112 cm³/mol. The fourth-order valence-electron chi connectivity index (χ4n) is 3.25. The van der Waals surface area contributed by atoms with E-state index in [0.29, 0.717) is 5.56 Å². The minimum Gasteiger partial charge on any atom is -0.298 e. The third kappa shape index (κ3) is 4.04. The van der Waals surface area contributed by atoms with Gasteiger partial charge in [-0.1, -0.05) is 103 Å². The van der Waals surface area contributed by atoms with E-state index in [1.807, 2.05) is 30.3 Å². The fourth-order valence-corrected chi connectivity index (χ4v) is 3.25. The Bertz CT molecular complexity index is 1010. The van der Waals surface area contributed by atoms with Gasteiger partial charge in [-0.3, -0.25) is 4.79 Å². The van der Waals surface area contributed by atoms with Crippen LogP contribution in [0.1, 0.15) is 21.5 Å². The maximum Gasteiger partial charge on any atom is 0.150 e. The van der Waals surface area contributed by atoms with Crippen LogP contribution >= 0.6 is 0 Å². The molecule has 0 amide bonds. The Kier molecular flexibility index (Phi) is 4.93. The number of hydrogen-bond acceptors (Lipinski definition) is 1. The van der Waals surface area contributed by atoms with Crippen molar-refractivity contribution in [2.75, 3.05) is 0 Å². The number of rotatable bonds is 5. The Hall–Kier alpha value is -3.45. The molecule has 130 valence electrons. The van der Waals surface area contributed by atoms with Crippen LogP contribution in [0.5, 0.6) is 0 Å². The lowest BCUT2D eigenvalue weighted by Gasteiger charge is -2.07. The fraction of sp³-hybridized carbons (Fsp3) is 0.0385. The minimum atomic E-state index is 0.703. The molecule has 0 spiro atoms. The highest BCUT2D eigenvalue weighted by Crippen LogP contribution is 2.23. The van der Waals surface area contributed by atoms with Gasteiger partial charge in [0.1, 0.15) is 6.29 Å². The zero-order chi connectivity index (χ0) is 18.5. The third-order valence-electron chi connectivity index (χ3n) is 4.80. The molecule has 0 heterocycles. The van der Waals surface area contributed by atoms with Crippen molar-refractivity contribution in [2.24, 2.45) is 0 Å². The average Bonchev–Trinajstić information content (AvgIpc) is 2.76. The highest BCUT2D eigenvalue weighted by molar-refractivity contribution is 5.77. The summed E-state index contributed by atoms with van der Waals surface area (Å²) in [4.78, 5) is 10.8. The van der Waals surface area contributed by atoms with Crippen molar-refractivity contribution in [3.63, 3.8) is 0 Å². The lowest BCUT2D eigenvalue weighted by Crippen LogP contribution is -1.89. The van der Waals surface area contributed by atoms with Crippen LogP contribution in [0, 0.1) is 0 Å². The molecule has 0 saturated heterocycles. The van der Waals surface area contributed by atoms with Crippen molar-refractivity contribution >= 4 is 6.29 Å². The van der Waals surface area contributed by atoms with Crippen LogP contribution in [0.15, 0.2) is 103 Å². The summed E-state index contributed by atoms with van der Waals surface area (Å²) in [5.74, 6) is 0. The molecule has 4 aromatic rings. The number of carbonyl (C=O) groups is 1. The molecule has 1 heteroatoms. The van der Waals surface area contributed by atoms with E-state index in [1.54, 1.807) is 0 Å². The molecule has 4 rings (SSSR count). The normalized spacial score (nSPS) is 10.5. The molecule has 0 radical (unpaired) electrons. The maximum atomic E-state index is 10.8. The van der Waals surface area contributed by atoms with E-state index in [0.717, 1.165) is 23.8 Å². The number of hydrogen-bond donors (Lipinski definition) is 0. The summed E-state index contributed by atoms with van der Waals surface area (Å²) in [5, 5.41) is 0. The molecule has 0 unspecified atom stereocenters. The molecule has 0 aliphatic rings. The molecule has 1 nitrogen and oxygen atoms in total. The third-order valence-corrected chi connectivity index (χ3v) is 4.80. The summed E-state index contributed by atoms with van der Waals surface area (Å²) in [6.45, 7) is 0. The van der Waals surface area contributed by atoms with Gasteiger partial charge >= 0.3 is 0 Å². The van der Waals surface area contributed by atoms with Crippen LogP contribution in [-0.4, -0.2) is 6.29 Å². The van der Waals surface area contributed by atoms with Crippen LogP contribution in [0.25, 0.3) is 22.3 Å². The molecular formula is C26H20O. The van der Waals surface area contributed by atoms with Crippen molar-refractivity contribution < 1.29 is 4.79 Å². The molecule has 27 heavy (non-hydrogen) atoms. The molecule has 0 fully saturated rings. The first kappa shape index (κ1) is 17.0. The average molecular weight is 348 g/mol. The lowest BCUT2D eigenvalue weighted by molar-refractivity contribution is 0.112. The van der Waals surface area contributed by atoms with Crippen molar-refractivity contribution in [3.05, 3.63) is 120 Å². The van der Waals surface area contributed by atoms with Crippen molar-refractivity contribution in [1.82, 2.24) is 0 Å². The molecule has 0 aliphatic carbocycles. The minimum absolute atomic E-state index is 0.703. The van der Waals surface area contributed by atoms with E-state index in [2.05, 4.69) is 72.8 Å². The van der Waals surface area contributed by atoms with Crippen molar-refractivity contribution in [3.8, 4) is 22.3 Å². The van der Waals surface area contributed by atoms with Gasteiger partial charge in [0.25, 0.3) is 0 Å². The van der Waals surface area contributed by atoms with Crippen molar-refractivity contribution in [2.45, 2.75) is 6.42 Å². The molecule has 0 saturated carbocycles. The second kappa shape index (κ2) is 7.84. The molecule has 0 aliphatic heterocycles. The molecule has 0 aromatic heterocycles. The second-order valence-corrected chi connectivity index (χ2v) is 6.68. The van der Waals surface area contributed by atoms with E-state index in [9.17, 15) is 4.79 Å². The summed E-state index contributed by atoms with van der Waals surface area (Å²) in [6, 6.07) is 35.5. The summed E-state index contributed by atoms with van der Waals surface area (Å²) in [6.07, 6.45) is 1.79. The van der Waals surface area contributed by atoms with E-state index in [-0.39, 0.29) is 0 Å². The van der Waals surface area contributed by atoms with E-state index in [4.69, 9.17) is 0 Å². The standard InChI is InChI=1S/C26H20O/c27-19-22-10-16-26(17-11-22)25-14-8-21(9-15-25)18-20-6-12-24(13-7-20)23-4-2-1-3-5-23/h1-17,19H,18H2. The number of benzene rings is 4. The monoisotopic (exact) mass is 348 g/mol. The second-order valence-electron chi connectivity index (χ2n) is 6.68. The Balaban J connectivity index is 1.47. The summed E-state index contributed by atoms with van der Waals surface area (Å²) >= 11 is 0. The first-order valence-corrected chi connectivity index (χ1v) is 9.11. The van der Waals surface area contributed by atoms with Crippen molar-refractivity contribution in [1.29, 1.82) is 0 Å². The number of carbonyl (C=O) groups excluding carboxylic acids is 1. The first-order chi connectivity index (χ1) is 13.3. The molecular weight excluding hydrogens is 328 g/mol. The smallest absolute Gasteiger partial charge is 0.150 e. The quantitative estimate of drug-likeness (QED) is 0.380. The van der Waals surface area contributed by atoms with Gasteiger partial charge in [-0.25, -0.2) is 0 Å². The zero-order valence-electron chi connectivity index (χ0n) is 15.0. The Labute approximate surface area is 159 Å². The zero-order valence-corrected chi connectivity index (χ0v) is 15.0. The van der Waals surface area contributed by atoms with Gasteiger partial charge in [0.15, 0.2) is 0 Å². The van der Waals surface area contributed by atoms with Crippen LogP contribution in [0.2, 0.25) is 0 Å². The van der Waals surface area contributed by atoms with E-state index >= 15 is 0 Å². The van der Waals surface area contributed by atoms with E-state index in [1.165, 1.54) is 22.3 Å². The molecule has 0 N–H and O–H groups in total. The summed E-state index contributed by atoms with van der Waals surface area (Å²) in [7, 11) is 0. The maximum absolute atomic E-state index is 10.8. The van der Waals surface area contributed by atoms with Gasteiger partial charge in [-0.2, -0.15) is 0 Å². The van der Waals surface area contributed by atoms with Crippen LogP contribution in [0.3, 0.4) is 0 Å². The summed E-state index contributed by atoms with van der Waals surface area (Å²) < 4.78 is 0. The van der Waals surface area contributed by atoms with Gasteiger partial charge in [0, 0.05) is 5.56 Å². The first-order valence-electron chi connectivity index (χ1n) is 9.11. The van der Waals surface area contributed by atoms with Crippen LogP contribution < -0.4 is 0 Å². The Morgan fingerprint density at radius 2 is 0.889 bits per heavy atom. The van der Waals surface area contributed by atoms with Crippen LogP contribution in [0.4, 0.5) is 0 Å². The molecule has 0 atom stereocenters. The van der Waals surface area contributed by atoms with Gasteiger partial charge in [0.05, 0.1) is 0 Å². The topological polar surface area (TPSA) is 17.1 Å².